The van der Waals surface area contributed by atoms with Crippen LogP contribution < -0.4 is 26.9 Å². The van der Waals surface area contributed by atoms with Crippen LogP contribution in [0.25, 0.3) is 4.96 Å². The van der Waals surface area contributed by atoms with Gasteiger partial charge in [-0.05, 0) is 0 Å². The number of nitrogens with zero attached hydrogens (tertiary/aromatic N) is 3. The quantitative estimate of drug-likeness (QED) is 0.351. The van der Waals surface area contributed by atoms with Crippen molar-refractivity contribution in [1.29, 1.82) is 0 Å². The molecular weight excluding hydrogens is 480 g/mol. The Balaban J connectivity index is 0.00000245. The van der Waals surface area contributed by atoms with Crippen LogP contribution >= 0.6 is 41.9 Å². The average Bonchev–Trinajstić information content (AvgIpc) is 3.29. The van der Waals surface area contributed by atoms with Crippen molar-refractivity contribution >= 4 is 68.3 Å². The number of halogens is 2. The third-order valence-corrected chi connectivity index (χ3v) is 13.4. The number of fused-ring (bicyclic) bond motifs is 1. The van der Waals surface area contributed by atoms with E-state index in [1.807, 2.05) is 54.6 Å². The molecule has 4 nitrogen and oxygen atoms in total. The predicted molar refractivity (Wildman–Crippen MR) is 140 cm³/mol. The van der Waals surface area contributed by atoms with Crippen LogP contribution in [0.1, 0.15) is 0 Å². The number of rotatable bonds is 4. The molecule has 0 unspecified atom stereocenters. The molecular formula is C24H20Cl2N3OPS. The molecule has 0 saturated heterocycles. The molecule has 0 saturated carbocycles. The van der Waals surface area contributed by atoms with E-state index in [2.05, 4.69) is 53.1 Å². The Morgan fingerprint density at radius 3 is 1.69 bits per heavy atom. The van der Waals surface area contributed by atoms with Crippen molar-refractivity contribution in [3.8, 4) is 0 Å². The van der Waals surface area contributed by atoms with Crippen LogP contribution in [0, 0.1) is 0 Å². The van der Waals surface area contributed by atoms with E-state index < -0.39 is 12.2 Å². The fourth-order valence-corrected chi connectivity index (χ4v) is 11.5. The van der Waals surface area contributed by atoms with Gasteiger partial charge in [0, 0.05) is 0 Å². The van der Waals surface area contributed by atoms with Crippen LogP contribution in [0.5, 0.6) is 0 Å². The summed E-state index contributed by atoms with van der Waals surface area (Å²) in [7, 11) is 0. The molecule has 162 valence electrons. The first-order chi connectivity index (χ1) is 15.1. The third-order valence-electron chi connectivity index (χ3n) is 6.02. The summed E-state index contributed by atoms with van der Waals surface area (Å²) in [5, 5.41) is 7.99. The predicted octanol–water partition coefficient (Wildman–Crippen LogP) is 4.01. The Hall–Kier alpha value is -2.56. The molecule has 0 aliphatic rings. The summed E-state index contributed by atoms with van der Waals surface area (Å²) in [4.78, 5) is 17.7. The van der Waals surface area contributed by atoms with Crippen LogP contribution in [-0.2, 0) is 0 Å². The molecule has 0 N–H and O–H groups in total. The second kappa shape index (κ2) is 8.42. The molecule has 32 heavy (non-hydrogen) atoms. The molecule has 3 aromatic carbocycles. The van der Waals surface area contributed by atoms with Gasteiger partial charge >= 0.3 is 189 Å². The SMILES string of the molecule is CP(c1ccccc1)(c1ccccc1)(c1ccccc1)c1c(Cl)c(=O)nc2scnn12.Cl. The van der Waals surface area contributed by atoms with Gasteiger partial charge in [0.05, 0.1) is 0 Å². The molecule has 5 aromatic rings. The number of hydrogen-bond donors (Lipinski definition) is 0. The molecule has 5 rings (SSSR count). The van der Waals surface area contributed by atoms with Crippen molar-refractivity contribution in [2.45, 2.75) is 0 Å². The first-order valence-electron chi connectivity index (χ1n) is 9.76. The van der Waals surface area contributed by atoms with Gasteiger partial charge in [0.1, 0.15) is 0 Å². The Bertz CT molecular complexity index is 1340. The van der Waals surface area contributed by atoms with E-state index >= 15 is 0 Å². The van der Waals surface area contributed by atoms with Crippen LogP contribution in [0.3, 0.4) is 0 Å². The van der Waals surface area contributed by atoms with Gasteiger partial charge in [0.15, 0.2) is 0 Å². The molecule has 0 aliphatic heterocycles. The molecule has 8 heteroatoms. The molecule has 0 fully saturated rings. The van der Waals surface area contributed by atoms with Crippen LogP contribution in [0.4, 0.5) is 0 Å². The Morgan fingerprint density at radius 2 is 1.25 bits per heavy atom. The topological polar surface area (TPSA) is 47.3 Å². The van der Waals surface area contributed by atoms with Crippen molar-refractivity contribution in [1.82, 2.24) is 14.6 Å². The minimum Gasteiger partial charge on any atom is -0.147 e. The number of benzene rings is 3. The maximum atomic E-state index is 13.0. The minimum atomic E-state index is -3.50. The van der Waals surface area contributed by atoms with Gasteiger partial charge in [0.2, 0.25) is 0 Å². The van der Waals surface area contributed by atoms with E-state index in [-0.39, 0.29) is 17.4 Å². The maximum absolute atomic E-state index is 13.0. The van der Waals surface area contributed by atoms with E-state index in [0.29, 0.717) is 10.4 Å². The molecule has 0 amide bonds. The van der Waals surface area contributed by atoms with Gasteiger partial charge in [0.25, 0.3) is 0 Å². The van der Waals surface area contributed by atoms with E-state index in [1.165, 1.54) is 11.3 Å². The van der Waals surface area contributed by atoms with Crippen molar-refractivity contribution in [3.63, 3.8) is 0 Å². The number of aromatic nitrogens is 3. The van der Waals surface area contributed by atoms with Gasteiger partial charge in [-0.15, -0.1) is 12.4 Å². The Labute approximate surface area is 200 Å². The van der Waals surface area contributed by atoms with E-state index in [9.17, 15) is 4.79 Å². The van der Waals surface area contributed by atoms with E-state index in [0.717, 1.165) is 15.9 Å². The Kier molecular flexibility index (Phi) is 5.95. The normalized spacial score (nSPS) is 12.6. The summed E-state index contributed by atoms with van der Waals surface area (Å²) in [5.41, 5.74) is 1.97. The largest absolute Gasteiger partial charge is 0.147 e. The second-order valence-electron chi connectivity index (χ2n) is 7.56. The van der Waals surface area contributed by atoms with Crippen LogP contribution in [0.2, 0.25) is 5.02 Å². The van der Waals surface area contributed by atoms with Crippen molar-refractivity contribution in [2.24, 2.45) is 0 Å². The molecule has 0 aliphatic carbocycles. The summed E-state index contributed by atoms with van der Waals surface area (Å²) < 4.78 is 1.76. The third kappa shape index (κ3) is 3.04. The summed E-state index contributed by atoms with van der Waals surface area (Å²) in [5.74, 6) is 0. The van der Waals surface area contributed by atoms with Crippen LogP contribution in [0.15, 0.2) is 101 Å². The maximum Gasteiger partial charge on any atom is -0.147 e. The van der Waals surface area contributed by atoms with Crippen LogP contribution in [-0.4, -0.2) is 21.3 Å². The average molecular weight is 500 g/mol. The zero-order valence-corrected chi connectivity index (χ0v) is 20.4. The van der Waals surface area contributed by atoms with Gasteiger partial charge in [-0.3, -0.25) is 0 Å². The fraction of sp³-hybridized carbons (Fsp3) is 0.0417. The van der Waals surface area contributed by atoms with Gasteiger partial charge in [-0.2, -0.15) is 0 Å². The molecule has 0 bridgehead atoms. The van der Waals surface area contributed by atoms with Gasteiger partial charge in [-0.25, -0.2) is 0 Å². The first kappa shape index (κ1) is 22.6. The fourth-order valence-electron chi connectivity index (χ4n) is 4.46. The van der Waals surface area contributed by atoms with Gasteiger partial charge in [-0.1, -0.05) is 0 Å². The first-order valence-corrected chi connectivity index (χ1v) is 13.7. The Morgan fingerprint density at radius 1 is 0.812 bits per heavy atom. The van der Waals surface area contributed by atoms with Crippen molar-refractivity contribution in [2.75, 3.05) is 6.66 Å². The van der Waals surface area contributed by atoms with Gasteiger partial charge < -0.3 is 0 Å². The molecule has 0 atom stereocenters. The zero-order valence-electron chi connectivity index (χ0n) is 17.1. The second-order valence-corrected chi connectivity index (χ2v) is 13.9. The molecule has 2 heterocycles. The summed E-state index contributed by atoms with van der Waals surface area (Å²) in [6.07, 6.45) is 0. The van der Waals surface area contributed by atoms with E-state index in [1.54, 1.807) is 10.0 Å². The zero-order chi connectivity index (χ0) is 21.5. The van der Waals surface area contributed by atoms with E-state index in [4.69, 9.17) is 11.6 Å². The summed E-state index contributed by atoms with van der Waals surface area (Å²) in [6, 6.07) is 30.9. The minimum absolute atomic E-state index is 0. The molecule has 2 aromatic heterocycles. The standard InChI is InChI=1S/C24H19ClN3OPS.ClH/c1-30(18-11-5-2-6-12-18,19-13-7-3-8-14-19,20-15-9-4-10-16-20)23-21(25)22(29)27-24-28(23)26-17-31-24;/h2-17H,1H3;1H. The summed E-state index contributed by atoms with van der Waals surface area (Å²) >= 11 is 8.18. The van der Waals surface area contributed by atoms with Crippen molar-refractivity contribution < 1.29 is 0 Å². The number of hydrogen-bond acceptors (Lipinski definition) is 4. The molecule has 0 spiro atoms. The monoisotopic (exact) mass is 499 g/mol. The summed E-state index contributed by atoms with van der Waals surface area (Å²) in [6.45, 7) is -1.25. The van der Waals surface area contributed by atoms with Crippen molar-refractivity contribution in [3.05, 3.63) is 112 Å². The molecule has 0 radical (unpaired) electrons. The smallest absolute Gasteiger partial charge is 0.147 e.